The minimum absolute atomic E-state index is 0.0797. The van der Waals surface area contributed by atoms with Crippen molar-refractivity contribution in [2.45, 2.75) is 25.2 Å². The van der Waals surface area contributed by atoms with E-state index in [1.165, 1.54) is 19.2 Å². The molecular weight excluding hydrogens is 366 g/mol. The number of aliphatic carboxylic acids is 1. The first kappa shape index (κ1) is 21.2. The molecule has 2 atom stereocenters. The van der Waals surface area contributed by atoms with Crippen molar-refractivity contribution in [2.75, 3.05) is 13.7 Å². The Morgan fingerprint density at radius 2 is 1.79 bits per heavy atom. The van der Waals surface area contributed by atoms with Crippen molar-refractivity contribution >= 4 is 12.1 Å². The van der Waals surface area contributed by atoms with Gasteiger partial charge in [-0.05, 0) is 23.3 Å². The van der Waals surface area contributed by atoms with Gasteiger partial charge in [-0.25, -0.2) is 4.79 Å². The van der Waals surface area contributed by atoms with E-state index in [9.17, 15) is 19.8 Å². The van der Waals surface area contributed by atoms with Crippen LogP contribution >= 0.6 is 0 Å². The lowest BCUT2D eigenvalue weighted by Crippen LogP contribution is -2.36. The van der Waals surface area contributed by atoms with Crippen LogP contribution in [0.3, 0.4) is 0 Å². The van der Waals surface area contributed by atoms with E-state index in [1.807, 2.05) is 30.3 Å². The number of carboxylic acid groups (broad SMARTS) is 1. The molecule has 8 nitrogen and oxygen atoms in total. The Balaban J connectivity index is 1.93. The number of aliphatic hydroxyl groups is 2. The molecule has 0 fully saturated rings. The highest BCUT2D eigenvalue weighted by Crippen LogP contribution is 2.28. The molecule has 0 aliphatic heterocycles. The molecule has 0 saturated carbocycles. The molecule has 0 radical (unpaired) electrons. The van der Waals surface area contributed by atoms with Crippen molar-refractivity contribution in [1.82, 2.24) is 5.32 Å². The van der Waals surface area contributed by atoms with Gasteiger partial charge in [0.15, 0.2) is 0 Å². The van der Waals surface area contributed by atoms with E-state index in [0.29, 0.717) is 11.3 Å². The van der Waals surface area contributed by atoms with Gasteiger partial charge in [-0.2, -0.15) is 0 Å². The van der Waals surface area contributed by atoms with Crippen LogP contribution in [-0.4, -0.2) is 47.1 Å². The second-order valence-corrected chi connectivity index (χ2v) is 6.10. The first-order chi connectivity index (χ1) is 13.4. The number of benzene rings is 2. The van der Waals surface area contributed by atoms with E-state index >= 15 is 0 Å². The van der Waals surface area contributed by atoms with Gasteiger partial charge in [0.25, 0.3) is 0 Å². The van der Waals surface area contributed by atoms with Gasteiger partial charge in [0.2, 0.25) is 0 Å². The van der Waals surface area contributed by atoms with Crippen molar-refractivity contribution in [2.24, 2.45) is 0 Å². The summed E-state index contributed by atoms with van der Waals surface area (Å²) in [7, 11) is 1.40. The van der Waals surface area contributed by atoms with E-state index in [4.69, 9.17) is 14.6 Å². The van der Waals surface area contributed by atoms with Gasteiger partial charge in [0.1, 0.15) is 24.6 Å². The van der Waals surface area contributed by atoms with Crippen LogP contribution in [0, 0.1) is 0 Å². The Hall–Kier alpha value is -3.10. The fraction of sp³-hybridized carbons (Fsp3) is 0.300. The average molecular weight is 389 g/mol. The van der Waals surface area contributed by atoms with Gasteiger partial charge in [-0.1, -0.05) is 36.4 Å². The number of aliphatic hydroxyl groups excluding tert-OH is 2. The Labute approximate surface area is 162 Å². The van der Waals surface area contributed by atoms with E-state index in [2.05, 4.69) is 5.32 Å². The van der Waals surface area contributed by atoms with Crippen molar-refractivity contribution in [3.63, 3.8) is 0 Å². The summed E-state index contributed by atoms with van der Waals surface area (Å²) in [5.74, 6) is -0.721. The number of alkyl carbamates (subject to hydrolysis) is 1. The van der Waals surface area contributed by atoms with Crippen LogP contribution in [0.5, 0.6) is 5.75 Å². The molecule has 0 aliphatic rings. The second-order valence-electron chi connectivity index (χ2n) is 6.10. The normalized spacial score (nSPS) is 12.7. The van der Waals surface area contributed by atoms with E-state index in [0.717, 1.165) is 5.56 Å². The van der Waals surface area contributed by atoms with Crippen molar-refractivity contribution < 1.29 is 34.4 Å². The van der Waals surface area contributed by atoms with E-state index < -0.39 is 24.3 Å². The summed E-state index contributed by atoms with van der Waals surface area (Å²) in [5.41, 5.74) is 1.50. The van der Waals surface area contributed by atoms with Crippen LogP contribution in [0.1, 0.15) is 22.8 Å². The Bertz CT molecular complexity index is 794. The minimum Gasteiger partial charge on any atom is -0.496 e. The number of ether oxygens (including phenoxy) is 2. The van der Waals surface area contributed by atoms with Crippen molar-refractivity contribution in [3.05, 3.63) is 65.2 Å². The molecule has 0 aliphatic carbocycles. The Morgan fingerprint density at radius 3 is 2.43 bits per heavy atom. The molecule has 0 bridgehead atoms. The zero-order chi connectivity index (χ0) is 20.5. The maximum atomic E-state index is 11.8. The quantitative estimate of drug-likeness (QED) is 0.514. The third-order valence-corrected chi connectivity index (χ3v) is 4.00. The highest BCUT2D eigenvalue weighted by atomic mass is 16.5. The van der Waals surface area contributed by atoms with E-state index in [-0.39, 0.29) is 25.1 Å². The SMILES string of the molecule is COc1ccc(CC(=O)O)cc1C(O)C(O)CNC(=O)OCc1ccccc1. The first-order valence-electron chi connectivity index (χ1n) is 8.60. The lowest BCUT2D eigenvalue weighted by Gasteiger charge is -2.21. The van der Waals surface area contributed by atoms with Crippen LogP contribution in [0.25, 0.3) is 0 Å². The smallest absolute Gasteiger partial charge is 0.407 e. The molecule has 0 aromatic heterocycles. The maximum absolute atomic E-state index is 11.8. The van der Waals surface area contributed by atoms with Crippen LogP contribution in [0.4, 0.5) is 4.79 Å². The van der Waals surface area contributed by atoms with Crippen molar-refractivity contribution in [3.8, 4) is 5.75 Å². The molecule has 0 heterocycles. The summed E-state index contributed by atoms with van der Waals surface area (Å²) < 4.78 is 10.2. The molecule has 0 saturated heterocycles. The molecule has 2 aromatic carbocycles. The highest BCUT2D eigenvalue weighted by molar-refractivity contribution is 5.70. The molecule has 8 heteroatoms. The Morgan fingerprint density at radius 1 is 1.07 bits per heavy atom. The molecule has 150 valence electrons. The van der Waals surface area contributed by atoms with Gasteiger partial charge in [-0.15, -0.1) is 0 Å². The number of methoxy groups -OCH3 is 1. The molecular formula is C20H23NO7. The van der Waals surface area contributed by atoms with Gasteiger partial charge in [0.05, 0.1) is 13.5 Å². The number of carboxylic acids is 1. The van der Waals surface area contributed by atoms with Crippen LogP contribution < -0.4 is 10.1 Å². The van der Waals surface area contributed by atoms with Crippen LogP contribution in [0.15, 0.2) is 48.5 Å². The van der Waals surface area contributed by atoms with Gasteiger partial charge >= 0.3 is 12.1 Å². The predicted octanol–water partition coefficient (Wildman–Crippen LogP) is 1.64. The number of hydrogen-bond donors (Lipinski definition) is 4. The molecule has 0 spiro atoms. The average Bonchev–Trinajstić information content (AvgIpc) is 2.70. The summed E-state index contributed by atoms with van der Waals surface area (Å²) in [6.07, 6.45) is -3.71. The summed E-state index contributed by atoms with van der Waals surface area (Å²) in [6.45, 7) is -0.183. The number of amides is 1. The monoisotopic (exact) mass is 389 g/mol. The van der Waals surface area contributed by atoms with Gasteiger partial charge < -0.3 is 30.1 Å². The van der Waals surface area contributed by atoms with Crippen molar-refractivity contribution in [1.29, 1.82) is 0 Å². The fourth-order valence-electron chi connectivity index (χ4n) is 2.58. The zero-order valence-corrected chi connectivity index (χ0v) is 15.4. The molecule has 4 N–H and O–H groups in total. The highest BCUT2D eigenvalue weighted by Gasteiger charge is 2.23. The number of hydrogen-bond acceptors (Lipinski definition) is 6. The largest absolute Gasteiger partial charge is 0.496 e. The zero-order valence-electron chi connectivity index (χ0n) is 15.4. The summed E-state index contributed by atoms with van der Waals surface area (Å²) >= 11 is 0. The number of rotatable bonds is 9. The van der Waals surface area contributed by atoms with Gasteiger partial charge in [-0.3, -0.25) is 4.79 Å². The Kier molecular flexibility index (Phi) is 7.79. The number of nitrogens with one attached hydrogen (secondary N) is 1. The number of carbonyl (C=O) groups excluding carboxylic acids is 1. The summed E-state index contributed by atoms with van der Waals surface area (Å²) in [6, 6.07) is 13.6. The first-order valence-corrected chi connectivity index (χ1v) is 8.60. The topological polar surface area (TPSA) is 125 Å². The number of carbonyl (C=O) groups is 2. The standard InChI is InChI=1S/C20H23NO7/c1-27-17-8-7-14(10-18(23)24)9-15(17)19(25)16(22)11-21-20(26)28-12-13-5-3-2-4-6-13/h2-9,16,19,22,25H,10-12H2,1H3,(H,21,26)(H,23,24). The molecule has 28 heavy (non-hydrogen) atoms. The molecule has 2 rings (SSSR count). The second kappa shape index (κ2) is 10.3. The third-order valence-electron chi connectivity index (χ3n) is 4.00. The minimum atomic E-state index is -1.39. The lowest BCUT2D eigenvalue weighted by atomic mass is 9.99. The molecule has 2 aromatic rings. The van der Waals surface area contributed by atoms with Gasteiger partial charge in [0, 0.05) is 12.1 Å². The maximum Gasteiger partial charge on any atom is 0.407 e. The third kappa shape index (κ3) is 6.26. The lowest BCUT2D eigenvalue weighted by molar-refractivity contribution is -0.136. The van der Waals surface area contributed by atoms with Crippen LogP contribution in [-0.2, 0) is 22.6 Å². The predicted molar refractivity (Wildman–Crippen MR) is 99.9 cm³/mol. The molecule has 2 unspecified atom stereocenters. The summed E-state index contributed by atoms with van der Waals surface area (Å²) in [4.78, 5) is 22.6. The van der Waals surface area contributed by atoms with Crippen LogP contribution in [0.2, 0.25) is 0 Å². The molecule has 1 amide bonds. The fourth-order valence-corrected chi connectivity index (χ4v) is 2.58. The summed E-state index contributed by atoms with van der Waals surface area (Å²) in [5, 5.41) is 31.9. The van der Waals surface area contributed by atoms with E-state index in [1.54, 1.807) is 6.07 Å².